The van der Waals surface area contributed by atoms with E-state index in [4.69, 9.17) is 0 Å². The van der Waals surface area contributed by atoms with E-state index in [-0.39, 0.29) is 26.2 Å². The second kappa shape index (κ2) is 12.8. The van der Waals surface area contributed by atoms with Crippen LogP contribution in [0.15, 0.2) is 24.3 Å². The van der Waals surface area contributed by atoms with Crippen LogP contribution < -0.4 is 0 Å². The van der Waals surface area contributed by atoms with E-state index in [0.29, 0.717) is 6.10 Å². The van der Waals surface area contributed by atoms with Crippen LogP contribution in [-0.2, 0) is 26.2 Å². The molecule has 8 radical (unpaired) electrons. The summed E-state index contributed by atoms with van der Waals surface area (Å²) >= 11 is 0. The Hall–Kier alpha value is -0.847. The summed E-state index contributed by atoms with van der Waals surface area (Å²) in [4.78, 5) is 0. The molecule has 3 rings (SSSR count). The van der Waals surface area contributed by atoms with Crippen molar-refractivity contribution in [1.29, 1.82) is 0 Å². The smallest absolute Gasteiger partial charge is 0.00623 e. The molecule has 1 aliphatic carbocycles. The Morgan fingerprint density at radius 1 is 0.483 bits per heavy atom. The first-order chi connectivity index (χ1) is 13.3. The molecule has 1 aliphatic rings. The second-order valence-electron chi connectivity index (χ2n) is 7.44. The molecule has 1 N–H and O–H groups in total. The molecule has 2 aromatic rings. The fourth-order valence-corrected chi connectivity index (χ4v) is 3.75. The first-order valence-corrected chi connectivity index (χ1v) is 9.70. The first kappa shape index (κ1) is 26.2. The zero-order chi connectivity index (χ0) is 20.7. The second-order valence-corrected chi connectivity index (χ2v) is 7.44. The molecule has 0 atom stereocenters. The molecule has 0 aliphatic heterocycles. The SMILES string of the molecule is Cc1cc(C)c([C-](O)c2c(C)cc(C)cc2C)c(C)c1.[CH]1[CH][CH][CH][CH][CH][CH][CH]1.[Zr]. The Morgan fingerprint density at radius 2 is 0.690 bits per heavy atom. The maximum Gasteiger partial charge on any atom is 0.00623 e. The van der Waals surface area contributed by atoms with Crippen LogP contribution >= 0.6 is 0 Å². The van der Waals surface area contributed by atoms with Crippen LogP contribution in [0.5, 0.6) is 0 Å². The average Bonchev–Trinajstić information content (AvgIpc) is 2.52. The van der Waals surface area contributed by atoms with Crippen molar-refractivity contribution in [3.63, 3.8) is 0 Å². The van der Waals surface area contributed by atoms with Crippen molar-refractivity contribution in [2.75, 3.05) is 0 Å². The van der Waals surface area contributed by atoms with E-state index in [1.165, 1.54) is 11.1 Å². The predicted molar refractivity (Wildman–Crippen MR) is 119 cm³/mol. The molecule has 0 amide bonds. The molecule has 0 aromatic heterocycles. The van der Waals surface area contributed by atoms with Gasteiger partial charge in [-0.1, -0.05) is 74.2 Å². The van der Waals surface area contributed by atoms with Crippen molar-refractivity contribution < 1.29 is 31.3 Å². The van der Waals surface area contributed by atoms with Gasteiger partial charge in [0.2, 0.25) is 0 Å². The topological polar surface area (TPSA) is 20.2 Å². The third kappa shape index (κ3) is 7.73. The Bertz CT molecular complexity index is 651. The van der Waals surface area contributed by atoms with Crippen molar-refractivity contribution in [2.45, 2.75) is 41.5 Å². The normalized spacial score (nSPS) is 14.0. The summed E-state index contributed by atoms with van der Waals surface area (Å²) in [6.45, 7) is 12.4. The molecular formula is C27H31OZr-. The molecule has 1 fully saturated rings. The number of aliphatic hydroxyl groups excluding tert-OH is 1. The molecule has 0 unspecified atom stereocenters. The van der Waals surface area contributed by atoms with Gasteiger partial charge in [0.05, 0.1) is 0 Å². The van der Waals surface area contributed by atoms with E-state index >= 15 is 0 Å². The van der Waals surface area contributed by atoms with Crippen molar-refractivity contribution >= 4 is 0 Å². The van der Waals surface area contributed by atoms with Gasteiger partial charge in [-0.3, -0.25) is 0 Å². The van der Waals surface area contributed by atoms with Gasteiger partial charge in [-0.2, -0.15) is 0 Å². The van der Waals surface area contributed by atoms with Gasteiger partial charge in [-0.15, -0.1) is 22.3 Å². The van der Waals surface area contributed by atoms with E-state index in [9.17, 15) is 5.11 Å². The number of benzene rings is 2. The molecule has 1 nitrogen and oxygen atoms in total. The van der Waals surface area contributed by atoms with Gasteiger partial charge in [0.25, 0.3) is 0 Å². The quantitative estimate of drug-likeness (QED) is 0.507. The number of rotatable bonds is 2. The van der Waals surface area contributed by atoms with E-state index in [2.05, 4.69) is 65.8 Å². The van der Waals surface area contributed by atoms with Gasteiger partial charge >= 0.3 is 0 Å². The van der Waals surface area contributed by atoms with Crippen LogP contribution in [0.3, 0.4) is 0 Å². The zero-order valence-corrected chi connectivity index (χ0v) is 20.8. The minimum absolute atomic E-state index is 0. The Kier molecular flexibility index (Phi) is 11.5. The number of aliphatic hydroxyl groups is 1. The molecule has 150 valence electrons. The van der Waals surface area contributed by atoms with Crippen molar-refractivity contribution in [3.8, 4) is 0 Å². The van der Waals surface area contributed by atoms with E-state index in [1.807, 2.05) is 51.4 Å². The van der Waals surface area contributed by atoms with Crippen LogP contribution in [0.25, 0.3) is 0 Å². The summed E-state index contributed by atoms with van der Waals surface area (Å²) in [5.74, 6) is 0. The van der Waals surface area contributed by atoms with Gasteiger partial charge in [0.1, 0.15) is 0 Å². The molecule has 2 aromatic carbocycles. The minimum atomic E-state index is 0. The zero-order valence-electron chi connectivity index (χ0n) is 18.4. The van der Waals surface area contributed by atoms with Crippen LogP contribution in [0.2, 0.25) is 0 Å². The largest absolute Gasteiger partial charge is 0.398 e. The van der Waals surface area contributed by atoms with E-state index < -0.39 is 0 Å². The molecule has 0 spiro atoms. The molecule has 1 saturated carbocycles. The van der Waals surface area contributed by atoms with Crippen LogP contribution in [0, 0.1) is 99.0 Å². The summed E-state index contributed by atoms with van der Waals surface area (Å²) in [5, 5.41) is 10.8. The molecule has 0 heterocycles. The maximum absolute atomic E-state index is 10.8. The summed E-state index contributed by atoms with van der Waals surface area (Å²) in [7, 11) is 0. The van der Waals surface area contributed by atoms with Gasteiger partial charge in [-0.25, -0.2) is 0 Å². The number of hydrogen-bond acceptors (Lipinski definition) is 1. The van der Waals surface area contributed by atoms with Gasteiger partial charge < -0.3 is 5.11 Å². The summed E-state index contributed by atoms with van der Waals surface area (Å²) in [6, 6.07) is 8.49. The molecule has 0 bridgehead atoms. The Labute approximate surface area is 198 Å². The molecule has 2 heteroatoms. The predicted octanol–water partition coefficient (Wildman–Crippen LogP) is 6.47. The minimum Gasteiger partial charge on any atom is -0.398 e. The Morgan fingerprint density at radius 3 is 0.897 bits per heavy atom. The van der Waals surface area contributed by atoms with Crippen molar-refractivity contribution in [3.05, 3.63) is 126 Å². The van der Waals surface area contributed by atoms with E-state index in [0.717, 1.165) is 33.4 Å². The van der Waals surface area contributed by atoms with Gasteiger partial charge in [0.15, 0.2) is 0 Å². The summed E-state index contributed by atoms with van der Waals surface area (Å²) in [5.41, 5.74) is 8.89. The van der Waals surface area contributed by atoms with Crippen LogP contribution in [0.4, 0.5) is 0 Å². The van der Waals surface area contributed by atoms with Gasteiger partial charge in [0, 0.05) is 32.3 Å². The molecular weight excluding hydrogens is 432 g/mol. The Balaban J connectivity index is 0.000000394. The molecule has 0 saturated heterocycles. The van der Waals surface area contributed by atoms with Crippen molar-refractivity contribution in [2.24, 2.45) is 0 Å². The van der Waals surface area contributed by atoms with Gasteiger partial charge in [-0.05, 0) is 65.2 Å². The third-order valence-electron chi connectivity index (χ3n) is 4.72. The maximum atomic E-state index is 10.8. The average molecular weight is 463 g/mol. The monoisotopic (exact) mass is 461 g/mol. The summed E-state index contributed by atoms with van der Waals surface area (Å²) in [6.07, 6.45) is 16.4. The van der Waals surface area contributed by atoms with Crippen LogP contribution in [-0.4, -0.2) is 5.11 Å². The fourth-order valence-electron chi connectivity index (χ4n) is 3.75. The number of aryl methyl sites for hydroxylation is 6. The number of hydrogen-bond donors (Lipinski definition) is 1. The fraction of sp³-hybridized carbons (Fsp3) is 0.222. The van der Waals surface area contributed by atoms with Crippen LogP contribution in [0.1, 0.15) is 44.5 Å². The first-order valence-electron chi connectivity index (χ1n) is 9.70. The van der Waals surface area contributed by atoms with E-state index in [1.54, 1.807) is 0 Å². The standard InChI is InChI=1S/C19H23O.C8H8.Zr/c1-11-7-13(3)17(14(4)8-11)19(20)18-15(5)9-12(2)10-16(18)6;1-2-4-6-8-7-5-3-1;/h7-10,20H,1-6H3;1-8H;/q-1;;. The van der Waals surface area contributed by atoms with Crippen molar-refractivity contribution in [1.82, 2.24) is 0 Å². The molecule has 29 heavy (non-hydrogen) atoms. The third-order valence-corrected chi connectivity index (χ3v) is 4.72. The summed E-state index contributed by atoms with van der Waals surface area (Å²) < 4.78 is 0.